The first-order valence-corrected chi connectivity index (χ1v) is 7.00. The Bertz CT molecular complexity index is 218. The van der Waals surface area contributed by atoms with E-state index in [1.807, 2.05) is 0 Å². The van der Waals surface area contributed by atoms with E-state index in [1.54, 1.807) is 0 Å². The molecule has 0 nitrogen and oxygen atoms in total. The maximum atomic E-state index is 2.53. The molecule has 0 N–H and O–H groups in total. The van der Waals surface area contributed by atoms with Gasteiger partial charge in [-0.05, 0) is 60.7 Å². The van der Waals surface area contributed by atoms with Crippen LogP contribution in [-0.2, 0) is 0 Å². The van der Waals surface area contributed by atoms with Crippen molar-refractivity contribution in [2.24, 2.45) is 41.4 Å². The molecule has 0 spiro atoms. The van der Waals surface area contributed by atoms with Crippen LogP contribution in [0.4, 0.5) is 0 Å². The summed E-state index contributed by atoms with van der Waals surface area (Å²) in [7, 11) is 0. The van der Waals surface area contributed by atoms with E-state index < -0.39 is 0 Å². The number of rotatable bonds is 1. The van der Waals surface area contributed by atoms with Gasteiger partial charge in [0, 0.05) is 0 Å². The highest BCUT2D eigenvalue weighted by Crippen LogP contribution is 2.53. The lowest BCUT2D eigenvalue weighted by atomic mass is 9.69. The molecule has 0 amide bonds. The van der Waals surface area contributed by atoms with Gasteiger partial charge < -0.3 is 0 Å². The van der Waals surface area contributed by atoms with Crippen LogP contribution in [0.3, 0.4) is 0 Å². The summed E-state index contributed by atoms with van der Waals surface area (Å²) in [6.45, 7) is 12.3. The van der Waals surface area contributed by atoms with Crippen molar-refractivity contribution in [2.75, 3.05) is 0 Å². The van der Waals surface area contributed by atoms with Gasteiger partial charge in [0.2, 0.25) is 0 Å². The highest BCUT2D eigenvalue weighted by molar-refractivity contribution is 4.94. The van der Waals surface area contributed by atoms with Crippen molar-refractivity contribution in [2.45, 2.75) is 53.9 Å². The fraction of sp³-hybridized carbons (Fsp3) is 1.00. The Kier molecular flexibility index (Phi) is 3.14. The van der Waals surface area contributed by atoms with Gasteiger partial charge in [-0.25, -0.2) is 0 Å². The molecule has 0 heteroatoms. The Labute approximate surface area is 95.8 Å². The molecule has 2 aliphatic rings. The largest absolute Gasteiger partial charge is 0.0625 e. The summed E-state index contributed by atoms with van der Waals surface area (Å²) in [4.78, 5) is 0. The van der Waals surface area contributed by atoms with Gasteiger partial charge in [0.15, 0.2) is 0 Å². The summed E-state index contributed by atoms with van der Waals surface area (Å²) in [5, 5.41) is 0. The fourth-order valence-electron chi connectivity index (χ4n) is 4.41. The van der Waals surface area contributed by atoms with Gasteiger partial charge in [-0.2, -0.15) is 0 Å². The Morgan fingerprint density at radius 2 is 1.47 bits per heavy atom. The predicted molar refractivity (Wildman–Crippen MR) is 66.7 cm³/mol. The Morgan fingerprint density at radius 3 is 2.07 bits per heavy atom. The number of hydrogen-bond acceptors (Lipinski definition) is 0. The summed E-state index contributed by atoms with van der Waals surface area (Å²) >= 11 is 0. The lowest BCUT2D eigenvalue weighted by Gasteiger charge is -2.37. The van der Waals surface area contributed by atoms with Crippen LogP contribution in [-0.4, -0.2) is 0 Å². The van der Waals surface area contributed by atoms with Crippen molar-refractivity contribution < 1.29 is 0 Å². The van der Waals surface area contributed by atoms with E-state index in [-0.39, 0.29) is 0 Å². The molecule has 0 aromatic rings. The van der Waals surface area contributed by atoms with Gasteiger partial charge >= 0.3 is 0 Å². The zero-order valence-corrected chi connectivity index (χ0v) is 11.2. The first kappa shape index (κ1) is 11.5. The molecule has 2 saturated carbocycles. The van der Waals surface area contributed by atoms with E-state index in [9.17, 15) is 0 Å². The van der Waals surface area contributed by atoms with Gasteiger partial charge in [-0.3, -0.25) is 0 Å². The lowest BCUT2D eigenvalue weighted by molar-refractivity contribution is 0.131. The van der Waals surface area contributed by atoms with Crippen LogP contribution >= 0.6 is 0 Å². The second kappa shape index (κ2) is 4.11. The van der Waals surface area contributed by atoms with E-state index in [0.717, 1.165) is 41.4 Å². The smallest absolute Gasteiger partial charge is 0.0354 e. The van der Waals surface area contributed by atoms with E-state index in [4.69, 9.17) is 0 Å². The predicted octanol–water partition coefficient (Wildman–Crippen LogP) is 4.60. The quantitative estimate of drug-likeness (QED) is 0.591. The van der Waals surface area contributed by atoms with E-state index in [2.05, 4.69) is 34.6 Å². The number of hydrogen-bond donors (Lipinski definition) is 0. The normalized spacial score (nSPS) is 50.8. The van der Waals surface area contributed by atoms with Gasteiger partial charge in [-0.1, -0.05) is 34.6 Å². The third-order valence-corrected chi connectivity index (χ3v) is 5.68. The van der Waals surface area contributed by atoms with Crippen LogP contribution in [0.5, 0.6) is 0 Å². The summed E-state index contributed by atoms with van der Waals surface area (Å²) in [6.07, 6.45) is 4.55. The minimum Gasteiger partial charge on any atom is -0.0625 e. The molecule has 0 aromatic carbocycles. The van der Waals surface area contributed by atoms with Gasteiger partial charge in [0.1, 0.15) is 0 Å². The Morgan fingerprint density at radius 1 is 0.867 bits per heavy atom. The van der Waals surface area contributed by atoms with Crippen LogP contribution in [0.25, 0.3) is 0 Å². The maximum Gasteiger partial charge on any atom is -0.0354 e. The van der Waals surface area contributed by atoms with Crippen molar-refractivity contribution >= 4 is 0 Å². The minimum atomic E-state index is 0.899. The molecule has 15 heavy (non-hydrogen) atoms. The molecule has 0 heterocycles. The topological polar surface area (TPSA) is 0 Å². The molecule has 6 unspecified atom stereocenters. The molecule has 2 rings (SSSR count). The van der Waals surface area contributed by atoms with Crippen LogP contribution in [0.15, 0.2) is 0 Å². The van der Waals surface area contributed by atoms with E-state index in [0.29, 0.717) is 0 Å². The molecule has 0 bridgehead atoms. The third kappa shape index (κ3) is 1.97. The van der Waals surface area contributed by atoms with Crippen molar-refractivity contribution in [3.8, 4) is 0 Å². The Hall–Kier alpha value is 0. The highest BCUT2D eigenvalue weighted by Gasteiger charge is 2.45. The van der Waals surface area contributed by atoms with Crippen LogP contribution < -0.4 is 0 Å². The zero-order chi connectivity index (χ0) is 11.2. The van der Waals surface area contributed by atoms with Crippen molar-refractivity contribution in [3.05, 3.63) is 0 Å². The molecule has 2 fully saturated rings. The summed E-state index contributed by atoms with van der Waals surface area (Å²) in [5.74, 6) is 6.98. The standard InChI is InChI=1S/C15H28/c1-9(2)14-8-13-6-10(3)11(4)7-15(13)12(14)5/h9-15H,6-8H2,1-5H3. The summed E-state index contributed by atoms with van der Waals surface area (Å²) < 4.78 is 0. The molecule has 0 aliphatic heterocycles. The summed E-state index contributed by atoms with van der Waals surface area (Å²) in [5.41, 5.74) is 0. The molecule has 2 aliphatic carbocycles. The Balaban J connectivity index is 2.08. The van der Waals surface area contributed by atoms with E-state index >= 15 is 0 Å². The lowest BCUT2D eigenvalue weighted by Crippen LogP contribution is -2.28. The molecule has 0 saturated heterocycles. The van der Waals surface area contributed by atoms with Gasteiger partial charge in [0.25, 0.3) is 0 Å². The third-order valence-electron chi connectivity index (χ3n) is 5.68. The second-order valence-corrected chi connectivity index (χ2v) is 6.85. The SMILES string of the molecule is CC(C)C1CC2CC(C)C(C)CC2C1C. The molecule has 88 valence electrons. The van der Waals surface area contributed by atoms with Gasteiger partial charge in [0.05, 0.1) is 0 Å². The van der Waals surface area contributed by atoms with E-state index in [1.165, 1.54) is 19.3 Å². The minimum absolute atomic E-state index is 0.899. The van der Waals surface area contributed by atoms with Crippen molar-refractivity contribution in [1.29, 1.82) is 0 Å². The molecule has 0 aromatic heterocycles. The summed E-state index contributed by atoms with van der Waals surface area (Å²) in [6, 6.07) is 0. The zero-order valence-electron chi connectivity index (χ0n) is 11.2. The van der Waals surface area contributed by atoms with Crippen molar-refractivity contribution in [1.82, 2.24) is 0 Å². The maximum absolute atomic E-state index is 2.53. The van der Waals surface area contributed by atoms with Gasteiger partial charge in [-0.15, -0.1) is 0 Å². The van der Waals surface area contributed by atoms with Crippen LogP contribution in [0.2, 0.25) is 0 Å². The molecular weight excluding hydrogens is 180 g/mol. The number of fused-ring (bicyclic) bond motifs is 1. The monoisotopic (exact) mass is 208 g/mol. The first-order valence-electron chi connectivity index (χ1n) is 7.00. The molecule has 6 atom stereocenters. The fourth-order valence-corrected chi connectivity index (χ4v) is 4.41. The first-order chi connectivity index (χ1) is 7.00. The highest BCUT2D eigenvalue weighted by atomic mass is 14.5. The average Bonchev–Trinajstić information content (AvgIpc) is 2.46. The van der Waals surface area contributed by atoms with Crippen LogP contribution in [0, 0.1) is 41.4 Å². The van der Waals surface area contributed by atoms with Crippen molar-refractivity contribution in [3.63, 3.8) is 0 Å². The average molecular weight is 208 g/mol. The van der Waals surface area contributed by atoms with Crippen LogP contribution in [0.1, 0.15) is 53.9 Å². The second-order valence-electron chi connectivity index (χ2n) is 6.85. The molecular formula is C15H28. The molecule has 0 radical (unpaired) electrons.